The zero-order valence-electron chi connectivity index (χ0n) is 15.8. The number of ether oxygens (including phenoxy) is 1. The molecule has 0 spiro atoms. The second-order valence-electron chi connectivity index (χ2n) is 6.94. The second kappa shape index (κ2) is 7.75. The highest BCUT2D eigenvalue weighted by molar-refractivity contribution is 5.91. The quantitative estimate of drug-likeness (QED) is 0.711. The molecule has 1 aliphatic heterocycles. The van der Waals surface area contributed by atoms with Crippen LogP contribution in [0.1, 0.15) is 28.4 Å². The minimum atomic E-state index is -0.750. The van der Waals surface area contributed by atoms with E-state index in [0.717, 1.165) is 22.1 Å². The fourth-order valence-electron chi connectivity index (χ4n) is 3.41. The van der Waals surface area contributed by atoms with Gasteiger partial charge in [-0.2, -0.15) is 5.10 Å². The molecule has 0 aliphatic carbocycles. The molecule has 8 nitrogen and oxygen atoms in total. The Morgan fingerprint density at radius 1 is 1.24 bits per heavy atom. The molecule has 29 heavy (non-hydrogen) atoms. The predicted molar refractivity (Wildman–Crippen MR) is 105 cm³/mol. The van der Waals surface area contributed by atoms with E-state index in [-0.39, 0.29) is 18.4 Å². The maximum Gasteiger partial charge on any atom is 0.408 e. The lowest BCUT2D eigenvalue weighted by Gasteiger charge is -2.15. The Morgan fingerprint density at radius 3 is 2.79 bits per heavy atom. The molecule has 8 heteroatoms. The van der Waals surface area contributed by atoms with Crippen LogP contribution in [0, 0.1) is 0 Å². The van der Waals surface area contributed by atoms with Crippen molar-refractivity contribution in [1.29, 1.82) is 0 Å². The van der Waals surface area contributed by atoms with Gasteiger partial charge in [-0.05, 0) is 28.8 Å². The first-order valence-corrected chi connectivity index (χ1v) is 9.26. The molecule has 2 amide bonds. The van der Waals surface area contributed by atoms with Gasteiger partial charge in [-0.3, -0.25) is 9.59 Å². The van der Waals surface area contributed by atoms with Crippen molar-refractivity contribution < 1.29 is 19.1 Å². The van der Waals surface area contributed by atoms with Gasteiger partial charge in [0.05, 0.1) is 11.7 Å². The lowest BCUT2D eigenvalue weighted by molar-refractivity contribution is -0.123. The first kappa shape index (κ1) is 18.7. The van der Waals surface area contributed by atoms with Crippen molar-refractivity contribution in [2.24, 2.45) is 0 Å². The van der Waals surface area contributed by atoms with Crippen molar-refractivity contribution in [1.82, 2.24) is 20.4 Å². The highest BCUT2D eigenvalue weighted by atomic mass is 16.5. The molecule has 0 unspecified atom stereocenters. The molecule has 0 saturated carbocycles. The van der Waals surface area contributed by atoms with E-state index in [2.05, 4.69) is 15.7 Å². The Morgan fingerprint density at radius 2 is 2.03 bits per heavy atom. The molecule has 0 bridgehead atoms. The average Bonchev–Trinajstić information content (AvgIpc) is 3.06. The van der Waals surface area contributed by atoms with E-state index >= 15 is 0 Å². The van der Waals surface area contributed by atoms with Gasteiger partial charge in [0.1, 0.15) is 12.6 Å². The lowest BCUT2D eigenvalue weighted by atomic mass is 10.00. The lowest BCUT2D eigenvalue weighted by Crippen LogP contribution is -2.46. The largest absolute Gasteiger partial charge is 0.445 e. The minimum absolute atomic E-state index is 0.127. The van der Waals surface area contributed by atoms with E-state index in [1.165, 1.54) is 11.6 Å². The molecule has 0 radical (unpaired) electrons. The molecule has 2 heterocycles. The number of fused-ring (bicyclic) bond motifs is 2. The standard InChI is InChI=1S/C21H20N4O4/c1-13(26)25-19-9-16-10-22-20(27)18(8-15(16)7-17(19)11-23-25)24-21(28)29-12-14-5-3-2-4-6-14/h2-7,9,11,18H,8,10,12H2,1H3,(H,22,27)(H,24,28)/t18-/m1/s1. The van der Waals surface area contributed by atoms with E-state index < -0.39 is 12.1 Å². The van der Waals surface area contributed by atoms with Crippen molar-refractivity contribution in [3.63, 3.8) is 0 Å². The molecule has 4 rings (SSSR count). The summed E-state index contributed by atoms with van der Waals surface area (Å²) in [6.45, 7) is 1.88. The maximum atomic E-state index is 12.4. The molecular formula is C21H20N4O4. The smallest absolute Gasteiger partial charge is 0.408 e. The van der Waals surface area contributed by atoms with Crippen molar-refractivity contribution in [2.45, 2.75) is 32.5 Å². The third-order valence-electron chi connectivity index (χ3n) is 4.89. The number of hydrogen-bond acceptors (Lipinski definition) is 5. The Kier molecular flexibility index (Phi) is 4.99. The van der Waals surface area contributed by atoms with Gasteiger partial charge in [-0.25, -0.2) is 9.48 Å². The van der Waals surface area contributed by atoms with Gasteiger partial charge >= 0.3 is 6.09 Å². The Hall–Kier alpha value is -3.68. The van der Waals surface area contributed by atoms with Crippen LogP contribution in [0.3, 0.4) is 0 Å². The van der Waals surface area contributed by atoms with Crippen LogP contribution in [0.5, 0.6) is 0 Å². The summed E-state index contributed by atoms with van der Waals surface area (Å²) in [5, 5.41) is 10.4. The third kappa shape index (κ3) is 3.96. The van der Waals surface area contributed by atoms with Gasteiger partial charge in [0.2, 0.25) is 11.8 Å². The number of hydrogen-bond donors (Lipinski definition) is 2. The maximum absolute atomic E-state index is 12.4. The minimum Gasteiger partial charge on any atom is -0.445 e. The normalized spacial score (nSPS) is 15.9. The number of benzene rings is 2. The van der Waals surface area contributed by atoms with Crippen LogP contribution in [0.4, 0.5) is 4.79 Å². The van der Waals surface area contributed by atoms with E-state index in [9.17, 15) is 14.4 Å². The number of carbonyl (C=O) groups excluding carboxylic acids is 3. The molecule has 2 aromatic carbocycles. The first-order chi connectivity index (χ1) is 14.0. The van der Waals surface area contributed by atoms with Crippen LogP contribution >= 0.6 is 0 Å². The summed E-state index contributed by atoms with van der Waals surface area (Å²) < 4.78 is 6.56. The van der Waals surface area contributed by atoms with E-state index in [0.29, 0.717) is 18.5 Å². The fraction of sp³-hybridized carbons (Fsp3) is 0.238. The number of amides is 2. The van der Waals surface area contributed by atoms with E-state index in [1.54, 1.807) is 6.20 Å². The van der Waals surface area contributed by atoms with Crippen LogP contribution in [0.15, 0.2) is 48.7 Å². The second-order valence-corrected chi connectivity index (χ2v) is 6.94. The van der Waals surface area contributed by atoms with Gasteiger partial charge in [0, 0.05) is 25.3 Å². The number of aromatic nitrogens is 2. The molecule has 2 N–H and O–H groups in total. The summed E-state index contributed by atoms with van der Waals surface area (Å²) in [5.74, 6) is -0.464. The topological polar surface area (TPSA) is 102 Å². The van der Waals surface area contributed by atoms with Crippen molar-refractivity contribution in [3.8, 4) is 0 Å². The SMILES string of the molecule is CC(=O)n1ncc2cc3c(cc21)CNC(=O)[C@H](NC(=O)OCc1ccccc1)C3. The van der Waals surface area contributed by atoms with E-state index in [4.69, 9.17) is 4.74 Å². The molecule has 1 atom stereocenters. The molecule has 0 fully saturated rings. The Bertz CT molecular complexity index is 1090. The van der Waals surface area contributed by atoms with Gasteiger partial charge in [-0.15, -0.1) is 0 Å². The summed E-state index contributed by atoms with van der Waals surface area (Å²) >= 11 is 0. The van der Waals surface area contributed by atoms with Crippen molar-refractivity contribution in [2.75, 3.05) is 0 Å². The third-order valence-corrected chi connectivity index (χ3v) is 4.89. The summed E-state index contributed by atoms with van der Waals surface area (Å²) in [6.07, 6.45) is 1.29. The molecular weight excluding hydrogens is 372 g/mol. The monoisotopic (exact) mass is 392 g/mol. The highest BCUT2D eigenvalue weighted by Gasteiger charge is 2.26. The van der Waals surface area contributed by atoms with Crippen LogP contribution in [0.25, 0.3) is 10.9 Å². The number of nitrogens with one attached hydrogen (secondary N) is 2. The highest BCUT2D eigenvalue weighted by Crippen LogP contribution is 2.23. The first-order valence-electron chi connectivity index (χ1n) is 9.26. The van der Waals surface area contributed by atoms with Crippen LogP contribution in [-0.2, 0) is 29.1 Å². The molecule has 1 aliphatic rings. The zero-order valence-corrected chi connectivity index (χ0v) is 15.8. The predicted octanol–water partition coefficient (Wildman–Crippen LogP) is 2.16. The molecule has 3 aromatic rings. The number of carbonyl (C=O) groups is 3. The summed E-state index contributed by atoms with van der Waals surface area (Å²) in [7, 11) is 0. The summed E-state index contributed by atoms with van der Waals surface area (Å²) in [6, 6.07) is 12.3. The number of alkyl carbamates (subject to hydrolysis) is 1. The molecule has 148 valence electrons. The fourth-order valence-corrected chi connectivity index (χ4v) is 3.41. The molecule has 1 aromatic heterocycles. The van der Waals surface area contributed by atoms with Crippen molar-refractivity contribution >= 4 is 28.8 Å². The summed E-state index contributed by atoms with van der Waals surface area (Å²) in [4.78, 5) is 36.3. The van der Waals surface area contributed by atoms with Crippen LogP contribution in [0.2, 0.25) is 0 Å². The van der Waals surface area contributed by atoms with Crippen LogP contribution in [-0.4, -0.2) is 33.7 Å². The number of nitrogens with zero attached hydrogens (tertiary/aromatic N) is 2. The van der Waals surface area contributed by atoms with Gasteiger partial charge in [-0.1, -0.05) is 30.3 Å². The van der Waals surface area contributed by atoms with Crippen LogP contribution < -0.4 is 10.6 Å². The van der Waals surface area contributed by atoms with E-state index in [1.807, 2.05) is 42.5 Å². The zero-order chi connectivity index (χ0) is 20.4. The Balaban J connectivity index is 1.50. The van der Waals surface area contributed by atoms with Gasteiger partial charge in [0.25, 0.3) is 0 Å². The number of rotatable bonds is 3. The molecule has 0 saturated heterocycles. The van der Waals surface area contributed by atoms with Crippen molar-refractivity contribution in [3.05, 3.63) is 65.4 Å². The average molecular weight is 392 g/mol. The van der Waals surface area contributed by atoms with Gasteiger partial charge in [0.15, 0.2) is 0 Å². The summed E-state index contributed by atoms with van der Waals surface area (Å²) in [5.41, 5.74) is 3.35. The Labute approximate surface area is 166 Å². The van der Waals surface area contributed by atoms with Gasteiger partial charge < -0.3 is 15.4 Å².